The topological polar surface area (TPSA) is 20.2 Å². The smallest absolute Gasteiger partial charge is 0.0986 e. The second-order valence-corrected chi connectivity index (χ2v) is 3.78. The van der Waals surface area contributed by atoms with Crippen LogP contribution in [0, 0.1) is 0 Å². The van der Waals surface area contributed by atoms with E-state index in [0.717, 1.165) is 16.4 Å². The lowest BCUT2D eigenvalue weighted by molar-refractivity contribution is 0.0925. The zero-order valence-corrected chi connectivity index (χ0v) is 7.97. The molecule has 0 aliphatic heterocycles. The molecule has 1 aliphatic rings. The van der Waals surface area contributed by atoms with Crippen LogP contribution in [0.4, 0.5) is 0 Å². The van der Waals surface area contributed by atoms with Crippen LogP contribution in [-0.2, 0) is 0 Å². The van der Waals surface area contributed by atoms with E-state index in [9.17, 15) is 5.11 Å². The summed E-state index contributed by atoms with van der Waals surface area (Å²) in [6.07, 6.45) is 6.41. The highest BCUT2D eigenvalue weighted by atomic mass is 127. The van der Waals surface area contributed by atoms with E-state index >= 15 is 0 Å². The Balaban J connectivity index is 2.68. The van der Waals surface area contributed by atoms with Crippen molar-refractivity contribution in [2.24, 2.45) is 0 Å². The number of hydrogen-bond acceptors (Lipinski definition) is 1. The van der Waals surface area contributed by atoms with Crippen LogP contribution < -0.4 is 0 Å². The van der Waals surface area contributed by atoms with Crippen LogP contribution >= 0.6 is 22.6 Å². The van der Waals surface area contributed by atoms with Gasteiger partial charge in [-0.3, -0.25) is 0 Å². The van der Waals surface area contributed by atoms with E-state index < -0.39 is 5.60 Å². The maximum Gasteiger partial charge on any atom is 0.0986 e. The van der Waals surface area contributed by atoms with Gasteiger partial charge in [0.2, 0.25) is 0 Å². The molecule has 0 heterocycles. The zero-order valence-electron chi connectivity index (χ0n) is 5.81. The summed E-state index contributed by atoms with van der Waals surface area (Å²) in [7, 11) is 0. The molecule has 10 heavy (non-hydrogen) atoms. The fourth-order valence-corrected chi connectivity index (χ4v) is 1.99. The second-order valence-electron chi connectivity index (χ2n) is 2.62. The van der Waals surface area contributed by atoms with Gasteiger partial charge in [0.15, 0.2) is 0 Å². The SMILES string of the molecule is C=CC[C@@]1(O)CCC=C1I. The zero-order chi connectivity index (χ0) is 7.61. The predicted octanol–water partition coefficient (Wildman–Crippen LogP) is 2.41. The van der Waals surface area contributed by atoms with Gasteiger partial charge in [-0.1, -0.05) is 12.2 Å². The predicted molar refractivity (Wildman–Crippen MR) is 51.1 cm³/mol. The van der Waals surface area contributed by atoms with Crippen molar-refractivity contribution in [3.63, 3.8) is 0 Å². The fraction of sp³-hybridized carbons (Fsp3) is 0.500. The summed E-state index contributed by atoms with van der Waals surface area (Å²) in [4.78, 5) is 0. The molecule has 0 aromatic rings. The average molecular weight is 250 g/mol. The molecule has 1 atom stereocenters. The molecule has 0 saturated heterocycles. The molecular formula is C8H11IO. The summed E-state index contributed by atoms with van der Waals surface area (Å²) < 4.78 is 1.07. The first-order valence-electron chi connectivity index (χ1n) is 3.38. The van der Waals surface area contributed by atoms with Crippen LogP contribution in [0.25, 0.3) is 0 Å². The molecule has 56 valence electrons. The molecule has 0 radical (unpaired) electrons. The number of halogens is 1. The fourth-order valence-electron chi connectivity index (χ4n) is 1.19. The molecule has 0 bridgehead atoms. The van der Waals surface area contributed by atoms with Crippen molar-refractivity contribution < 1.29 is 5.11 Å². The van der Waals surface area contributed by atoms with Gasteiger partial charge < -0.3 is 5.11 Å². The molecule has 1 N–H and O–H groups in total. The van der Waals surface area contributed by atoms with E-state index in [1.165, 1.54) is 0 Å². The molecule has 2 heteroatoms. The summed E-state index contributed by atoms with van der Waals surface area (Å²) in [5, 5.41) is 9.81. The van der Waals surface area contributed by atoms with Crippen molar-refractivity contribution in [2.45, 2.75) is 24.9 Å². The van der Waals surface area contributed by atoms with E-state index in [0.29, 0.717) is 6.42 Å². The van der Waals surface area contributed by atoms with Gasteiger partial charge in [-0.05, 0) is 41.9 Å². The lowest BCUT2D eigenvalue weighted by Crippen LogP contribution is -2.24. The average Bonchev–Trinajstić information content (AvgIpc) is 2.15. The van der Waals surface area contributed by atoms with Crippen LogP contribution in [0.3, 0.4) is 0 Å². The minimum Gasteiger partial charge on any atom is -0.384 e. The first-order chi connectivity index (χ1) is 4.69. The quantitative estimate of drug-likeness (QED) is 0.589. The third kappa shape index (κ3) is 1.42. The Bertz CT molecular complexity index is 174. The molecule has 0 saturated carbocycles. The maximum atomic E-state index is 9.81. The third-order valence-electron chi connectivity index (χ3n) is 1.81. The molecule has 1 rings (SSSR count). The van der Waals surface area contributed by atoms with Crippen LogP contribution in [0.2, 0.25) is 0 Å². The molecule has 0 aromatic heterocycles. The Labute approximate surface area is 75.0 Å². The normalized spacial score (nSPS) is 32.0. The van der Waals surface area contributed by atoms with Gasteiger partial charge in [0.05, 0.1) is 5.60 Å². The lowest BCUT2D eigenvalue weighted by Gasteiger charge is -2.21. The Morgan fingerprint density at radius 1 is 1.90 bits per heavy atom. The van der Waals surface area contributed by atoms with E-state index in [-0.39, 0.29) is 0 Å². The molecule has 0 aromatic carbocycles. The van der Waals surface area contributed by atoms with Crippen LogP contribution in [-0.4, -0.2) is 10.7 Å². The van der Waals surface area contributed by atoms with Crippen LogP contribution in [0.5, 0.6) is 0 Å². The largest absolute Gasteiger partial charge is 0.384 e. The Kier molecular flexibility index (Phi) is 2.52. The Morgan fingerprint density at radius 2 is 2.60 bits per heavy atom. The van der Waals surface area contributed by atoms with Crippen molar-refractivity contribution in [3.8, 4) is 0 Å². The van der Waals surface area contributed by atoms with E-state index in [1.807, 2.05) is 0 Å². The highest BCUT2D eigenvalue weighted by molar-refractivity contribution is 14.1. The highest BCUT2D eigenvalue weighted by Gasteiger charge is 2.31. The number of aliphatic hydroxyl groups is 1. The minimum absolute atomic E-state index is 0.567. The molecule has 0 unspecified atom stereocenters. The molecule has 0 fully saturated rings. The van der Waals surface area contributed by atoms with E-state index in [2.05, 4.69) is 35.2 Å². The van der Waals surface area contributed by atoms with E-state index in [1.54, 1.807) is 6.08 Å². The van der Waals surface area contributed by atoms with Gasteiger partial charge in [-0.2, -0.15) is 0 Å². The summed E-state index contributed by atoms with van der Waals surface area (Å²) in [5.41, 5.74) is -0.567. The minimum atomic E-state index is -0.567. The monoisotopic (exact) mass is 250 g/mol. The molecule has 0 amide bonds. The van der Waals surface area contributed by atoms with Gasteiger partial charge in [0, 0.05) is 3.58 Å². The van der Waals surface area contributed by atoms with Crippen LogP contribution in [0.15, 0.2) is 22.3 Å². The summed E-state index contributed by atoms with van der Waals surface area (Å²) >= 11 is 2.20. The van der Waals surface area contributed by atoms with Crippen LogP contribution in [0.1, 0.15) is 19.3 Å². The Morgan fingerprint density at radius 3 is 3.00 bits per heavy atom. The first-order valence-corrected chi connectivity index (χ1v) is 4.46. The van der Waals surface area contributed by atoms with E-state index in [4.69, 9.17) is 0 Å². The molecule has 1 aliphatic carbocycles. The standard InChI is InChI=1S/C8H11IO/c1-2-5-8(10)6-3-4-7(8)9/h2,4,10H,1,3,5-6H2/t8-/m1/s1. The maximum absolute atomic E-state index is 9.81. The van der Waals surface area contributed by atoms with Crippen molar-refractivity contribution >= 4 is 22.6 Å². The third-order valence-corrected chi connectivity index (χ3v) is 3.25. The molecule has 0 spiro atoms. The number of hydrogen-bond donors (Lipinski definition) is 1. The second kappa shape index (κ2) is 3.05. The number of allylic oxidation sites excluding steroid dienone is 1. The van der Waals surface area contributed by atoms with Crippen molar-refractivity contribution in [3.05, 3.63) is 22.3 Å². The number of rotatable bonds is 2. The summed E-state index contributed by atoms with van der Waals surface area (Å²) in [5.74, 6) is 0. The molecular weight excluding hydrogens is 239 g/mol. The van der Waals surface area contributed by atoms with Gasteiger partial charge in [0.25, 0.3) is 0 Å². The summed E-state index contributed by atoms with van der Waals surface area (Å²) in [6.45, 7) is 3.61. The van der Waals surface area contributed by atoms with Gasteiger partial charge >= 0.3 is 0 Å². The van der Waals surface area contributed by atoms with Gasteiger partial charge in [-0.15, -0.1) is 6.58 Å². The highest BCUT2D eigenvalue weighted by Crippen LogP contribution is 2.37. The first kappa shape index (κ1) is 8.27. The van der Waals surface area contributed by atoms with Gasteiger partial charge in [-0.25, -0.2) is 0 Å². The molecule has 1 nitrogen and oxygen atoms in total. The lowest BCUT2D eigenvalue weighted by atomic mass is 10.00. The van der Waals surface area contributed by atoms with Gasteiger partial charge in [0.1, 0.15) is 0 Å². The van der Waals surface area contributed by atoms with Crippen molar-refractivity contribution in [1.82, 2.24) is 0 Å². The summed E-state index contributed by atoms with van der Waals surface area (Å²) in [6, 6.07) is 0. The Hall–Kier alpha value is 0.170. The van der Waals surface area contributed by atoms with Crippen molar-refractivity contribution in [1.29, 1.82) is 0 Å². The van der Waals surface area contributed by atoms with Crippen molar-refractivity contribution in [2.75, 3.05) is 0 Å².